The predicted octanol–water partition coefficient (Wildman–Crippen LogP) is 9.17. The van der Waals surface area contributed by atoms with Crippen molar-refractivity contribution in [1.82, 2.24) is 5.32 Å². The van der Waals surface area contributed by atoms with Crippen molar-refractivity contribution in [3.8, 4) is 19.5 Å². The fraction of sp³-hybridized carbons (Fsp3) is 0.333. The molecule has 0 bridgehead atoms. The zero-order chi connectivity index (χ0) is 22.7. The number of nitrogens with one attached hydrogen (secondary N) is 1. The summed E-state index contributed by atoms with van der Waals surface area (Å²) in [6, 6.07) is 4.41. The summed E-state index contributed by atoms with van der Waals surface area (Å²) in [7, 11) is 2.04. The molecule has 31 heavy (non-hydrogen) atoms. The van der Waals surface area contributed by atoms with Crippen LogP contribution in [-0.2, 0) is 6.42 Å². The summed E-state index contributed by atoms with van der Waals surface area (Å²) in [5, 5.41) is 5.68. The first-order chi connectivity index (χ1) is 14.8. The van der Waals surface area contributed by atoms with E-state index >= 15 is 0 Å². The molecule has 0 aliphatic rings. The highest BCUT2D eigenvalue weighted by molar-refractivity contribution is 7.26. The lowest BCUT2D eigenvalue weighted by Crippen LogP contribution is -2.07. The van der Waals surface area contributed by atoms with Crippen LogP contribution in [0.4, 0.5) is 0 Å². The molecule has 0 saturated carbocycles. The molecule has 0 aromatic carbocycles. The Balaban J connectivity index is 2.18. The van der Waals surface area contributed by atoms with E-state index in [0.29, 0.717) is 0 Å². The first-order valence-corrected chi connectivity index (χ1v) is 13.3. The molecule has 3 heterocycles. The van der Waals surface area contributed by atoms with Crippen molar-refractivity contribution in [2.24, 2.45) is 0 Å². The van der Waals surface area contributed by atoms with E-state index in [-0.39, 0.29) is 0 Å². The minimum atomic E-state index is 1.07. The molecule has 0 spiro atoms. The molecule has 0 radical (unpaired) electrons. The Morgan fingerprint density at radius 2 is 1.71 bits per heavy atom. The average Bonchev–Trinajstić information content (AvgIpc) is 3.47. The lowest BCUT2D eigenvalue weighted by atomic mass is 10.0. The molecular weight excluding hydrogens is 435 g/mol. The highest BCUT2D eigenvalue weighted by Crippen LogP contribution is 2.48. The lowest BCUT2D eigenvalue weighted by molar-refractivity contribution is 1.10. The van der Waals surface area contributed by atoms with Gasteiger partial charge in [-0.1, -0.05) is 31.2 Å². The molecule has 0 fully saturated rings. The molecule has 1 N–H and O–H groups in total. The Kier molecular flexibility index (Phi) is 7.79. The molecule has 0 aliphatic heterocycles. The predicted molar refractivity (Wildman–Crippen MR) is 145 cm³/mol. The largest absolute Gasteiger partial charge is 0.387 e. The molecule has 0 unspecified atom stereocenters. The topological polar surface area (TPSA) is 12.0 Å². The molecular formula is C27H33NS3. The maximum absolute atomic E-state index is 3.50. The van der Waals surface area contributed by atoms with E-state index in [2.05, 4.69) is 89.5 Å². The van der Waals surface area contributed by atoms with Crippen LogP contribution in [0.1, 0.15) is 54.8 Å². The van der Waals surface area contributed by atoms with Gasteiger partial charge in [-0.3, -0.25) is 0 Å². The monoisotopic (exact) mass is 467 g/mol. The molecule has 0 aliphatic carbocycles. The van der Waals surface area contributed by atoms with E-state index in [9.17, 15) is 0 Å². The first kappa shape index (κ1) is 23.8. The Hall–Kier alpha value is -1.88. The van der Waals surface area contributed by atoms with E-state index in [1.54, 1.807) is 0 Å². The van der Waals surface area contributed by atoms with Gasteiger partial charge >= 0.3 is 0 Å². The van der Waals surface area contributed by atoms with Crippen molar-refractivity contribution in [2.45, 2.75) is 54.9 Å². The highest BCUT2D eigenvalue weighted by atomic mass is 32.1. The van der Waals surface area contributed by atoms with Gasteiger partial charge in [0, 0.05) is 26.6 Å². The van der Waals surface area contributed by atoms with Crippen LogP contribution in [0.3, 0.4) is 0 Å². The molecule has 3 aromatic rings. The second-order valence-electron chi connectivity index (χ2n) is 7.83. The van der Waals surface area contributed by atoms with Crippen LogP contribution in [0.15, 0.2) is 46.9 Å². The van der Waals surface area contributed by atoms with E-state index in [4.69, 9.17) is 0 Å². The summed E-state index contributed by atoms with van der Waals surface area (Å²) in [6.45, 7) is 15.6. The van der Waals surface area contributed by atoms with Gasteiger partial charge in [-0.05, 0) is 92.8 Å². The van der Waals surface area contributed by atoms with Gasteiger partial charge in [-0.2, -0.15) is 0 Å². The highest BCUT2D eigenvalue weighted by Gasteiger charge is 2.23. The van der Waals surface area contributed by atoms with Crippen LogP contribution in [0, 0.1) is 20.8 Å². The van der Waals surface area contributed by atoms with Crippen molar-refractivity contribution in [2.75, 3.05) is 7.05 Å². The van der Waals surface area contributed by atoms with Crippen molar-refractivity contribution >= 4 is 39.7 Å². The third-order valence-corrected chi connectivity index (χ3v) is 9.97. The van der Waals surface area contributed by atoms with Crippen molar-refractivity contribution in [1.29, 1.82) is 0 Å². The Bertz CT molecular complexity index is 1150. The number of rotatable bonds is 7. The fourth-order valence-corrected chi connectivity index (χ4v) is 7.83. The third-order valence-electron chi connectivity index (χ3n) is 6.01. The summed E-state index contributed by atoms with van der Waals surface area (Å²) in [6.07, 6.45) is 7.44. The van der Waals surface area contributed by atoms with Gasteiger partial charge in [-0.15, -0.1) is 34.0 Å². The average molecular weight is 468 g/mol. The summed E-state index contributed by atoms with van der Waals surface area (Å²) in [5.41, 5.74) is 9.55. The second kappa shape index (κ2) is 10.2. The quantitative estimate of drug-likeness (QED) is 0.341. The Labute approximate surface area is 199 Å². The van der Waals surface area contributed by atoms with Crippen LogP contribution in [0.5, 0.6) is 0 Å². The van der Waals surface area contributed by atoms with Crippen molar-refractivity contribution in [3.05, 3.63) is 74.0 Å². The normalized spacial score (nSPS) is 13.2. The zero-order valence-corrected chi connectivity index (χ0v) is 22.3. The molecule has 4 heteroatoms. The summed E-state index contributed by atoms with van der Waals surface area (Å²) in [5.74, 6) is 0. The number of allylic oxidation sites excluding steroid dienone is 5. The molecule has 3 aromatic heterocycles. The van der Waals surface area contributed by atoms with Gasteiger partial charge in [0.2, 0.25) is 0 Å². The van der Waals surface area contributed by atoms with Gasteiger partial charge in [0.05, 0.1) is 10.6 Å². The van der Waals surface area contributed by atoms with Crippen LogP contribution >= 0.6 is 34.0 Å². The van der Waals surface area contributed by atoms with Crippen LogP contribution in [0.25, 0.3) is 25.2 Å². The lowest BCUT2D eigenvalue weighted by Gasteiger charge is -2.12. The van der Waals surface area contributed by atoms with Crippen LogP contribution in [0.2, 0.25) is 0 Å². The van der Waals surface area contributed by atoms with E-state index < -0.39 is 0 Å². The van der Waals surface area contributed by atoms with Crippen LogP contribution in [-0.4, -0.2) is 7.05 Å². The number of hydrogen-bond donors (Lipinski definition) is 1. The van der Waals surface area contributed by atoms with E-state index in [1.165, 1.54) is 63.5 Å². The molecule has 1 nitrogen and oxygen atoms in total. The maximum atomic E-state index is 3.50. The van der Waals surface area contributed by atoms with E-state index in [1.807, 2.05) is 41.1 Å². The molecule has 3 rings (SSSR count). The molecule has 0 amide bonds. The summed E-state index contributed by atoms with van der Waals surface area (Å²) >= 11 is 5.74. The minimum Gasteiger partial charge on any atom is -0.387 e. The molecule has 164 valence electrons. The second-order valence-corrected chi connectivity index (χ2v) is 10.8. The number of thiophene rings is 3. The minimum absolute atomic E-state index is 1.07. The standard InChI is InChI=1S/C27H33NS3/c1-9-11-13-16(3)17(4)23(28-8)24-18(5)19(6)25(30-24)26-20(7)21(10-2)27(31-26)22-14-12-15-29-22/h9,11-15,28H,10H2,1-8H3/b11-9-,16-13+,23-17-. The van der Waals surface area contributed by atoms with Gasteiger partial charge in [0.15, 0.2) is 0 Å². The molecule has 0 atom stereocenters. The first-order valence-electron chi connectivity index (χ1n) is 10.8. The van der Waals surface area contributed by atoms with Gasteiger partial charge in [0.1, 0.15) is 0 Å². The van der Waals surface area contributed by atoms with E-state index in [0.717, 1.165) is 6.42 Å². The fourth-order valence-electron chi connectivity index (χ4n) is 3.88. The number of hydrogen-bond acceptors (Lipinski definition) is 4. The SMILES string of the molecule is C\C=C/C=C(C)/C(C)=C(\NC)c1sc(-c2sc(-c3cccs3)c(CC)c2C)c(C)c1C. The summed E-state index contributed by atoms with van der Waals surface area (Å²) in [4.78, 5) is 7.04. The van der Waals surface area contributed by atoms with Gasteiger partial charge in [-0.25, -0.2) is 0 Å². The summed E-state index contributed by atoms with van der Waals surface area (Å²) < 4.78 is 0. The van der Waals surface area contributed by atoms with Crippen molar-refractivity contribution < 1.29 is 0 Å². The molecule has 0 saturated heterocycles. The zero-order valence-electron chi connectivity index (χ0n) is 19.9. The van der Waals surface area contributed by atoms with Crippen molar-refractivity contribution in [3.63, 3.8) is 0 Å². The Morgan fingerprint density at radius 1 is 1.00 bits per heavy atom. The smallest absolute Gasteiger partial charge is 0.0548 e. The van der Waals surface area contributed by atoms with Crippen LogP contribution < -0.4 is 5.32 Å². The maximum Gasteiger partial charge on any atom is 0.0548 e. The van der Waals surface area contributed by atoms with Gasteiger partial charge in [0.25, 0.3) is 0 Å². The van der Waals surface area contributed by atoms with Gasteiger partial charge < -0.3 is 5.32 Å². The third kappa shape index (κ3) is 4.52. The Morgan fingerprint density at radius 3 is 2.29 bits per heavy atom.